The van der Waals surface area contributed by atoms with Crippen molar-refractivity contribution in [3.05, 3.63) is 91.0 Å². The van der Waals surface area contributed by atoms with Crippen molar-refractivity contribution in [2.45, 2.75) is 13.5 Å². The van der Waals surface area contributed by atoms with E-state index in [2.05, 4.69) is 107 Å². The van der Waals surface area contributed by atoms with Crippen LogP contribution >= 0.6 is 0 Å². The predicted molar refractivity (Wildman–Crippen MR) is 119 cm³/mol. The number of benzene rings is 4. The molecule has 0 aliphatic heterocycles. The third kappa shape index (κ3) is 1.92. The van der Waals surface area contributed by atoms with E-state index in [1.807, 2.05) is 0 Å². The van der Waals surface area contributed by atoms with Gasteiger partial charge in [0.2, 0.25) is 0 Å². The maximum Gasteiger partial charge on any atom is 0.0593 e. The lowest BCUT2D eigenvalue weighted by atomic mass is 10.1. The molecule has 0 saturated heterocycles. The van der Waals surface area contributed by atoms with Gasteiger partial charge in [0.05, 0.1) is 16.6 Å². The molecule has 0 N–H and O–H groups in total. The highest BCUT2D eigenvalue weighted by molar-refractivity contribution is 6.25. The van der Waals surface area contributed by atoms with Crippen LogP contribution in [0.2, 0.25) is 0 Å². The summed E-state index contributed by atoms with van der Waals surface area (Å²) in [4.78, 5) is 0. The quantitative estimate of drug-likeness (QED) is 0.317. The van der Waals surface area contributed by atoms with Crippen LogP contribution in [0.4, 0.5) is 0 Å². The summed E-state index contributed by atoms with van der Waals surface area (Å²) in [7, 11) is 0. The Morgan fingerprint density at radius 2 is 1.25 bits per heavy atom. The first-order chi connectivity index (χ1) is 13.9. The van der Waals surface area contributed by atoms with Gasteiger partial charge in [-0.2, -0.15) is 0 Å². The first kappa shape index (κ1) is 15.5. The van der Waals surface area contributed by atoms with Gasteiger partial charge in [-0.3, -0.25) is 0 Å². The zero-order valence-corrected chi connectivity index (χ0v) is 15.8. The summed E-state index contributed by atoms with van der Waals surface area (Å²) in [6, 6.07) is 32.8. The minimum absolute atomic E-state index is 0.952. The Morgan fingerprint density at radius 3 is 2.04 bits per heavy atom. The summed E-state index contributed by atoms with van der Waals surface area (Å²) in [5, 5.41) is 5.32. The zero-order chi connectivity index (χ0) is 18.7. The van der Waals surface area contributed by atoms with Crippen molar-refractivity contribution in [1.29, 1.82) is 0 Å². The molecule has 0 unspecified atom stereocenters. The molecular weight excluding hydrogens is 340 g/mol. The molecule has 0 atom stereocenters. The van der Waals surface area contributed by atoms with Crippen LogP contribution < -0.4 is 0 Å². The van der Waals surface area contributed by atoms with Crippen LogP contribution in [-0.2, 0) is 6.54 Å². The Balaban J connectivity index is 1.92. The molecule has 0 spiro atoms. The molecule has 0 saturated carbocycles. The molecular formula is C26H20N2. The highest BCUT2D eigenvalue weighted by atomic mass is 15.0. The van der Waals surface area contributed by atoms with Gasteiger partial charge in [-0.25, -0.2) is 0 Å². The van der Waals surface area contributed by atoms with E-state index in [1.165, 1.54) is 49.3 Å². The summed E-state index contributed by atoms with van der Waals surface area (Å²) >= 11 is 0. The summed E-state index contributed by atoms with van der Waals surface area (Å²) < 4.78 is 4.86. The van der Waals surface area contributed by atoms with Crippen molar-refractivity contribution < 1.29 is 0 Å². The second-order valence-corrected chi connectivity index (χ2v) is 7.31. The Labute approximate surface area is 163 Å². The van der Waals surface area contributed by atoms with Crippen LogP contribution in [0, 0.1) is 0 Å². The summed E-state index contributed by atoms with van der Waals surface area (Å²) in [6.07, 6.45) is 0. The fourth-order valence-electron chi connectivity index (χ4n) is 4.78. The fraction of sp³-hybridized carbons (Fsp3) is 0.0769. The van der Waals surface area contributed by atoms with E-state index in [-0.39, 0.29) is 0 Å². The summed E-state index contributed by atoms with van der Waals surface area (Å²) in [5.41, 5.74) is 6.37. The summed E-state index contributed by atoms with van der Waals surface area (Å²) in [5.74, 6) is 0. The largest absolute Gasteiger partial charge is 0.340 e. The third-order valence-corrected chi connectivity index (χ3v) is 5.90. The van der Waals surface area contributed by atoms with Crippen molar-refractivity contribution in [3.63, 3.8) is 0 Å². The van der Waals surface area contributed by atoms with E-state index in [9.17, 15) is 0 Å². The van der Waals surface area contributed by atoms with Gasteiger partial charge in [0.1, 0.15) is 0 Å². The monoisotopic (exact) mass is 360 g/mol. The van der Waals surface area contributed by atoms with E-state index >= 15 is 0 Å². The molecule has 2 aromatic heterocycles. The molecule has 4 aromatic carbocycles. The molecule has 28 heavy (non-hydrogen) atoms. The van der Waals surface area contributed by atoms with Gasteiger partial charge >= 0.3 is 0 Å². The lowest BCUT2D eigenvalue weighted by molar-refractivity contribution is 0.829. The Morgan fingerprint density at radius 1 is 0.571 bits per heavy atom. The average Bonchev–Trinajstić information content (AvgIpc) is 3.27. The maximum absolute atomic E-state index is 2.47. The van der Waals surface area contributed by atoms with E-state index < -0.39 is 0 Å². The number of aryl methyl sites for hydroxylation is 1. The molecule has 2 heterocycles. The predicted octanol–water partition coefficient (Wildman–Crippen LogP) is 6.91. The average molecular weight is 360 g/mol. The lowest BCUT2D eigenvalue weighted by Gasteiger charge is -2.08. The molecule has 6 aromatic rings. The third-order valence-electron chi connectivity index (χ3n) is 5.90. The molecule has 0 aliphatic rings. The number of hydrogen-bond donors (Lipinski definition) is 0. The van der Waals surface area contributed by atoms with Crippen molar-refractivity contribution in [2.75, 3.05) is 0 Å². The van der Waals surface area contributed by atoms with Gasteiger partial charge in [0, 0.05) is 39.3 Å². The molecule has 2 heteroatoms. The second kappa shape index (κ2) is 5.74. The molecule has 0 bridgehead atoms. The van der Waals surface area contributed by atoms with Crippen molar-refractivity contribution >= 4 is 43.6 Å². The van der Waals surface area contributed by atoms with Crippen LogP contribution in [0.5, 0.6) is 0 Å². The van der Waals surface area contributed by atoms with E-state index in [0.29, 0.717) is 0 Å². The molecule has 134 valence electrons. The number of aromatic nitrogens is 2. The highest BCUT2D eigenvalue weighted by Crippen LogP contribution is 2.40. The molecule has 0 aliphatic carbocycles. The molecule has 6 rings (SSSR count). The van der Waals surface area contributed by atoms with Gasteiger partial charge in [-0.15, -0.1) is 0 Å². The minimum Gasteiger partial charge on any atom is -0.340 e. The number of hydrogen-bond acceptors (Lipinski definition) is 0. The van der Waals surface area contributed by atoms with Crippen LogP contribution in [-0.4, -0.2) is 9.13 Å². The topological polar surface area (TPSA) is 9.86 Å². The van der Waals surface area contributed by atoms with Gasteiger partial charge in [-0.05, 0) is 37.3 Å². The minimum atomic E-state index is 0.952. The summed E-state index contributed by atoms with van der Waals surface area (Å²) in [6.45, 7) is 3.19. The first-order valence-corrected chi connectivity index (χ1v) is 9.87. The number of rotatable bonds is 2. The van der Waals surface area contributed by atoms with Crippen LogP contribution in [0.15, 0.2) is 91.0 Å². The van der Waals surface area contributed by atoms with Crippen molar-refractivity contribution in [3.8, 4) is 5.69 Å². The van der Waals surface area contributed by atoms with Gasteiger partial charge < -0.3 is 9.13 Å². The Kier molecular flexibility index (Phi) is 3.18. The maximum atomic E-state index is 2.47. The smallest absolute Gasteiger partial charge is 0.0593 e. The standard InChI is InChI=1S/C26H20N2/c1-2-27-22-14-8-6-12-19(22)20-16-17-24-25(26(20)27)21-13-7-9-15-23(21)28(24)18-10-4-3-5-11-18/h3-17H,2H2,1H3. The highest BCUT2D eigenvalue weighted by Gasteiger charge is 2.18. The van der Waals surface area contributed by atoms with Gasteiger partial charge in [-0.1, -0.05) is 60.7 Å². The van der Waals surface area contributed by atoms with E-state index in [4.69, 9.17) is 0 Å². The lowest BCUT2D eigenvalue weighted by Crippen LogP contribution is -1.94. The molecule has 2 nitrogen and oxygen atoms in total. The van der Waals surface area contributed by atoms with Crippen molar-refractivity contribution in [1.82, 2.24) is 9.13 Å². The van der Waals surface area contributed by atoms with Gasteiger partial charge in [0.15, 0.2) is 0 Å². The van der Waals surface area contributed by atoms with E-state index in [1.54, 1.807) is 0 Å². The zero-order valence-electron chi connectivity index (χ0n) is 15.8. The SMILES string of the molecule is CCn1c2ccccc2c2ccc3c(c4ccccc4n3-c3ccccc3)c21. The second-order valence-electron chi connectivity index (χ2n) is 7.31. The normalized spacial score (nSPS) is 11.9. The number of fused-ring (bicyclic) bond motifs is 7. The first-order valence-electron chi connectivity index (χ1n) is 9.87. The van der Waals surface area contributed by atoms with Crippen LogP contribution in [0.25, 0.3) is 49.3 Å². The molecule has 0 fully saturated rings. The fourth-order valence-corrected chi connectivity index (χ4v) is 4.78. The number of nitrogens with zero attached hydrogens (tertiary/aromatic N) is 2. The molecule has 0 amide bonds. The van der Waals surface area contributed by atoms with Crippen molar-refractivity contribution in [2.24, 2.45) is 0 Å². The van der Waals surface area contributed by atoms with Crippen LogP contribution in [0.1, 0.15) is 6.92 Å². The Hall–Kier alpha value is -3.52. The van der Waals surface area contributed by atoms with Gasteiger partial charge in [0.25, 0.3) is 0 Å². The molecule has 0 radical (unpaired) electrons. The number of para-hydroxylation sites is 3. The Bertz CT molecular complexity index is 1480. The van der Waals surface area contributed by atoms with Crippen LogP contribution in [0.3, 0.4) is 0 Å². The van der Waals surface area contributed by atoms with E-state index in [0.717, 1.165) is 6.54 Å².